The molecule has 0 unspecified atom stereocenters. The highest BCUT2D eigenvalue weighted by molar-refractivity contribution is 6.62. The summed E-state index contributed by atoms with van der Waals surface area (Å²) in [6, 6.07) is 4.06. The van der Waals surface area contributed by atoms with Crippen LogP contribution in [-0.4, -0.2) is 52.9 Å². The van der Waals surface area contributed by atoms with Crippen LogP contribution in [0.1, 0.15) is 61.3 Å². The molecule has 2 saturated heterocycles. The average molecular weight is 446 g/mol. The molecular weight excluding hydrogens is 414 g/mol. The molecule has 3 aliphatic rings. The minimum Gasteiger partial charge on any atom is -0.444 e. The Morgan fingerprint density at radius 3 is 2.38 bits per heavy atom. The molecule has 174 valence electrons. The van der Waals surface area contributed by atoms with Crippen molar-refractivity contribution in [2.45, 2.75) is 90.2 Å². The van der Waals surface area contributed by atoms with Crippen LogP contribution in [-0.2, 0) is 18.8 Å². The van der Waals surface area contributed by atoms with E-state index in [4.69, 9.17) is 14.0 Å². The summed E-state index contributed by atoms with van der Waals surface area (Å²) in [4.78, 5) is 27.3. The molecule has 0 bridgehead atoms. The van der Waals surface area contributed by atoms with Crippen LogP contribution in [0.2, 0.25) is 0 Å². The fourth-order valence-corrected chi connectivity index (χ4v) is 4.28. The van der Waals surface area contributed by atoms with E-state index in [1.54, 1.807) is 32.9 Å². The predicted molar refractivity (Wildman–Crippen MR) is 119 cm³/mol. The van der Waals surface area contributed by atoms with Crippen LogP contribution in [0.3, 0.4) is 0 Å². The molecule has 32 heavy (non-hydrogen) atoms. The number of amides is 2. The number of likely N-dealkylation sites (tertiary alicyclic amines) is 1. The zero-order chi connectivity index (χ0) is 23.6. The van der Waals surface area contributed by atoms with Gasteiger partial charge < -0.3 is 19.4 Å². The van der Waals surface area contributed by atoms with Gasteiger partial charge in [-0.05, 0) is 73.3 Å². The third-order valence-corrected chi connectivity index (χ3v) is 6.80. The summed E-state index contributed by atoms with van der Waals surface area (Å²) in [5.41, 5.74) is -1.62. The number of anilines is 1. The number of piperidine rings is 1. The molecule has 0 spiro atoms. The SMILES string of the molecule is CC(C)(C)OC(=O)N1[C@@H]2C[C@@H]2C[C@H]1C(=O)Nc1cccc(B2OC(C)(C)C(C)(C)O2)c1F. The summed E-state index contributed by atoms with van der Waals surface area (Å²) in [5.74, 6) is -0.737. The molecule has 2 aliphatic heterocycles. The highest BCUT2D eigenvalue weighted by Gasteiger charge is 2.57. The number of halogens is 1. The molecule has 0 aromatic heterocycles. The van der Waals surface area contributed by atoms with Crippen molar-refractivity contribution in [1.82, 2.24) is 4.90 Å². The van der Waals surface area contributed by atoms with Crippen LogP contribution in [0.4, 0.5) is 14.9 Å². The number of benzene rings is 1. The number of nitrogens with one attached hydrogen (secondary N) is 1. The van der Waals surface area contributed by atoms with E-state index in [0.29, 0.717) is 12.3 Å². The topological polar surface area (TPSA) is 77.1 Å². The largest absolute Gasteiger partial charge is 0.497 e. The zero-order valence-corrected chi connectivity index (χ0v) is 19.8. The molecule has 7 nitrogen and oxygen atoms in total. The Bertz CT molecular complexity index is 929. The first kappa shape index (κ1) is 23.0. The van der Waals surface area contributed by atoms with Gasteiger partial charge in [-0.2, -0.15) is 0 Å². The van der Waals surface area contributed by atoms with Crippen LogP contribution in [0.5, 0.6) is 0 Å². The van der Waals surface area contributed by atoms with Gasteiger partial charge >= 0.3 is 13.2 Å². The molecule has 1 aromatic rings. The van der Waals surface area contributed by atoms with E-state index in [2.05, 4.69) is 5.32 Å². The van der Waals surface area contributed by atoms with Crippen LogP contribution >= 0.6 is 0 Å². The summed E-state index contributed by atoms with van der Waals surface area (Å²) in [7, 11) is -0.880. The van der Waals surface area contributed by atoms with Gasteiger partial charge in [-0.25, -0.2) is 9.18 Å². The lowest BCUT2D eigenvalue weighted by Crippen LogP contribution is -2.47. The number of hydrogen-bond acceptors (Lipinski definition) is 5. The van der Waals surface area contributed by atoms with Crippen LogP contribution < -0.4 is 10.8 Å². The second-order valence-corrected chi connectivity index (χ2v) is 11.0. The Morgan fingerprint density at radius 2 is 1.78 bits per heavy atom. The highest BCUT2D eigenvalue weighted by atomic mass is 19.1. The third-order valence-electron chi connectivity index (χ3n) is 6.80. The lowest BCUT2D eigenvalue weighted by atomic mass is 9.78. The van der Waals surface area contributed by atoms with Gasteiger partial charge in [0, 0.05) is 11.5 Å². The van der Waals surface area contributed by atoms with Gasteiger partial charge in [0.15, 0.2) is 0 Å². The van der Waals surface area contributed by atoms with Gasteiger partial charge in [-0.1, -0.05) is 12.1 Å². The number of hydrogen-bond donors (Lipinski definition) is 1. The van der Waals surface area contributed by atoms with E-state index in [0.717, 1.165) is 6.42 Å². The van der Waals surface area contributed by atoms with Crippen molar-refractivity contribution in [1.29, 1.82) is 0 Å². The maximum absolute atomic E-state index is 15.4. The second-order valence-electron chi connectivity index (χ2n) is 11.0. The minimum absolute atomic E-state index is 0.0153. The van der Waals surface area contributed by atoms with Gasteiger partial charge in [0.25, 0.3) is 0 Å². The number of carbonyl (C=O) groups excluding carboxylic acids is 2. The van der Waals surface area contributed by atoms with Crippen molar-refractivity contribution in [3.63, 3.8) is 0 Å². The maximum atomic E-state index is 15.4. The van der Waals surface area contributed by atoms with Crippen molar-refractivity contribution >= 4 is 30.3 Å². The van der Waals surface area contributed by atoms with E-state index < -0.39 is 47.8 Å². The van der Waals surface area contributed by atoms with Gasteiger partial charge in [0.2, 0.25) is 5.91 Å². The lowest BCUT2D eigenvalue weighted by Gasteiger charge is -2.32. The molecule has 4 rings (SSSR count). The van der Waals surface area contributed by atoms with E-state index in [-0.39, 0.29) is 17.2 Å². The Labute approximate surface area is 189 Å². The van der Waals surface area contributed by atoms with Crippen LogP contribution in [0.25, 0.3) is 0 Å². The standard InChI is InChI=1S/C23H32BFN2O5/c1-21(2,3)30-20(29)27-16-11-13(16)12-17(27)19(28)26-15-10-8-9-14(18(15)25)24-31-22(4,5)23(6,7)32-24/h8-10,13,16-17H,11-12H2,1-7H3,(H,26,28)/t13-,16-,17+/m1/s1. The van der Waals surface area contributed by atoms with Gasteiger partial charge in [-0.15, -0.1) is 0 Å². The summed E-state index contributed by atoms with van der Waals surface area (Å²) >= 11 is 0. The van der Waals surface area contributed by atoms with Crippen molar-refractivity contribution in [2.75, 3.05) is 5.32 Å². The summed E-state index contributed by atoms with van der Waals surface area (Å²) < 4.78 is 32.8. The first-order valence-corrected chi connectivity index (χ1v) is 11.2. The molecule has 3 fully saturated rings. The summed E-state index contributed by atoms with van der Waals surface area (Å²) in [6.07, 6.45) is 0.914. The molecule has 3 atom stereocenters. The summed E-state index contributed by atoms with van der Waals surface area (Å²) in [5, 5.41) is 2.67. The van der Waals surface area contributed by atoms with Gasteiger partial charge in [0.1, 0.15) is 17.5 Å². The number of nitrogens with zero attached hydrogens (tertiary/aromatic N) is 1. The van der Waals surface area contributed by atoms with Crippen molar-refractivity contribution in [3.8, 4) is 0 Å². The molecule has 1 N–H and O–H groups in total. The monoisotopic (exact) mass is 446 g/mol. The van der Waals surface area contributed by atoms with Crippen LogP contribution in [0, 0.1) is 11.7 Å². The number of carbonyl (C=O) groups is 2. The van der Waals surface area contributed by atoms with Crippen molar-refractivity contribution < 1.29 is 28.0 Å². The average Bonchev–Trinajstić information content (AvgIpc) is 3.23. The molecule has 1 saturated carbocycles. The zero-order valence-electron chi connectivity index (χ0n) is 19.8. The minimum atomic E-state index is -0.880. The third kappa shape index (κ3) is 4.12. The first-order valence-electron chi connectivity index (χ1n) is 11.2. The molecule has 2 heterocycles. The number of ether oxygens (including phenoxy) is 1. The lowest BCUT2D eigenvalue weighted by molar-refractivity contribution is -0.121. The molecule has 9 heteroatoms. The predicted octanol–water partition coefficient (Wildman–Crippen LogP) is 3.46. The summed E-state index contributed by atoms with van der Waals surface area (Å²) in [6.45, 7) is 13.0. The normalized spacial score (nSPS) is 27.8. The van der Waals surface area contributed by atoms with Crippen LogP contribution in [0.15, 0.2) is 18.2 Å². The van der Waals surface area contributed by atoms with E-state index in [1.807, 2.05) is 27.7 Å². The molecular formula is C23H32BFN2O5. The highest BCUT2D eigenvalue weighted by Crippen LogP contribution is 2.48. The second kappa shape index (κ2) is 7.45. The fraction of sp³-hybridized carbons (Fsp3) is 0.652. The van der Waals surface area contributed by atoms with E-state index in [1.165, 1.54) is 11.0 Å². The smallest absolute Gasteiger partial charge is 0.444 e. The fourth-order valence-electron chi connectivity index (χ4n) is 4.28. The van der Waals surface area contributed by atoms with E-state index in [9.17, 15) is 9.59 Å². The van der Waals surface area contributed by atoms with Crippen molar-refractivity contribution in [3.05, 3.63) is 24.0 Å². The molecule has 2 amide bonds. The Kier molecular flexibility index (Phi) is 5.37. The number of rotatable bonds is 3. The van der Waals surface area contributed by atoms with Gasteiger partial charge in [-0.3, -0.25) is 9.69 Å². The quantitative estimate of drug-likeness (QED) is 0.720. The van der Waals surface area contributed by atoms with Crippen molar-refractivity contribution in [2.24, 2.45) is 5.92 Å². The number of fused-ring (bicyclic) bond motifs is 1. The Morgan fingerprint density at radius 1 is 1.16 bits per heavy atom. The molecule has 1 aromatic carbocycles. The molecule has 1 aliphatic carbocycles. The van der Waals surface area contributed by atoms with E-state index >= 15 is 4.39 Å². The Hall–Kier alpha value is -2.13. The molecule has 0 radical (unpaired) electrons. The van der Waals surface area contributed by atoms with Gasteiger partial charge in [0.05, 0.1) is 16.9 Å². The first-order chi connectivity index (χ1) is 14.7. The Balaban J connectivity index is 1.51. The maximum Gasteiger partial charge on any atom is 0.497 e.